The summed E-state index contributed by atoms with van der Waals surface area (Å²) in [7, 11) is 3.45. The maximum absolute atomic E-state index is 10.6. The molecule has 1 aliphatic rings. The van der Waals surface area contributed by atoms with Gasteiger partial charge in [0.05, 0.1) is 6.42 Å². The number of aliphatic carboxylic acids is 1. The van der Waals surface area contributed by atoms with Crippen molar-refractivity contribution in [1.82, 2.24) is 4.90 Å². The number of rotatable bonds is 3. The van der Waals surface area contributed by atoms with Crippen LogP contribution in [0.15, 0.2) is 4.99 Å². The van der Waals surface area contributed by atoms with E-state index in [4.69, 9.17) is 27.7 Å². The first kappa shape index (κ1) is 19.2. The lowest BCUT2D eigenvalue weighted by molar-refractivity contribution is -0.140. The van der Waals surface area contributed by atoms with Crippen LogP contribution in [0.3, 0.4) is 0 Å². The summed E-state index contributed by atoms with van der Waals surface area (Å²) in [5.74, 6) is -0.744. The average Bonchev–Trinajstić information content (AvgIpc) is 2.39. The van der Waals surface area contributed by atoms with Gasteiger partial charge in [-0.25, -0.2) is 0 Å². The van der Waals surface area contributed by atoms with Gasteiger partial charge in [0.15, 0.2) is 5.96 Å². The van der Waals surface area contributed by atoms with Crippen LogP contribution in [0.2, 0.25) is 0 Å². The van der Waals surface area contributed by atoms with Gasteiger partial charge in [0.25, 0.3) is 0 Å². The number of hydrogen-bond acceptors (Lipinski definition) is 3. The predicted octanol–water partition coefficient (Wildman–Crippen LogP) is 0.126. The molecule has 0 saturated heterocycles. The van der Waals surface area contributed by atoms with Crippen molar-refractivity contribution in [3.8, 4) is 0 Å². The Morgan fingerprint density at radius 1 is 1.29 bits per heavy atom. The highest BCUT2D eigenvalue weighted by Gasteiger charge is 2.32. The Kier molecular flexibility index (Phi) is 8.37. The highest BCUT2D eigenvalue weighted by atomic mass is 16.4. The van der Waals surface area contributed by atoms with E-state index < -0.39 is 5.97 Å². The molecule has 0 spiro atoms. The summed E-state index contributed by atoms with van der Waals surface area (Å²) < 4.78 is 0. The molecule has 0 amide bonds. The SMILES string of the molecule is CN(C)C(N)=NC(=N)N.NCC1(CC(=O)O)CCCCC1. The Morgan fingerprint density at radius 2 is 1.81 bits per heavy atom. The third-order valence-electron chi connectivity index (χ3n) is 3.57. The molecule has 0 atom stereocenters. The molecule has 1 aliphatic carbocycles. The number of nitrogens with zero attached hydrogens (tertiary/aromatic N) is 2. The topological polar surface area (TPSA) is 155 Å². The molecular weight excluding hydrogens is 272 g/mol. The summed E-state index contributed by atoms with van der Waals surface area (Å²) in [5.41, 5.74) is 15.7. The minimum absolute atomic E-state index is 0.0793. The Labute approximate surface area is 125 Å². The number of carboxylic acids is 1. The quantitative estimate of drug-likeness (QED) is 0.368. The van der Waals surface area contributed by atoms with Crippen LogP contribution >= 0.6 is 0 Å². The second kappa shape index (κ2) is 9.17. The minimum Gasteiger partial charge on any atom is -0.481 e. The van der Waals surface area contributed by atoms with Crippen molar-refractivity contribution in [3.05, 3.63) is 0 Å². The Morgan fingerprint density at radius 3 is 2.10 bits per heavy atom. The zero-order chi connectivity index (χ0) is 16.5. The van der Waals surface area contributed by atoms with Crippen molar-refractivity contribution in [2.75, 3.05) is 20.6 Å². The minimum atomic E-state index is -0.706. The summed E-state index contributed by atoms with van der Waals surface area (Å²) in [4.78, 5) is 15.6. The summed E-state index contributed by atoms with van der Waals surface area (Å²) in [6, 6.07) is 0. The van der Waals surface area contributed by atoms with Gasteiger partial charge in [-0.15, -0.1) is 0 Å². The number of nitrogens with two attached hydrogens (primary N) is 3. The molecule has 21 heavy (non-hydrogen) atoms. The van der Waals surface area contributed by atoms with Gasteiger partial charge in [0.2, 0.25) is 5.96 Å². The van der Waals surface area contributed by atoms with E-state index in [1.165, 1.54) is 6.42 Å². The van der Waals surface area contributed by atoms with Crippen molar-refractivity contribution >= 4 is 17.9 Å². The van der Waals surface area contributed by atoms with Crippen molar-refractivity contribution in [1.29, 1.82) is 5.41 Å². The fraction of sp³-hybridized carbons (Fsp3) is 0.769. The highest BCUT2D eigenvalue weighted by molar-refractivity contribution is 5.91. The van der Waals surface area contributed by atoms with Crippen LogP contribution in [0.1, 0.15) is 38.5 Å². The molecule has 1 rings (SSSR count). The van der Waals surface area contributed by atoms with Crippen molar-refractivity contribution in [2.24, 2.45) is 27.6 Å². The van der Waals surface area contributed by atoms with Crippen LogP contribution in [0.25, 0.3) is 0 Å². The Balaban J connectivity index is 0.000000400. The van der Waals surface area contributed by atoms with Crippen LogP contribution in [0.5, 0.6) is 0 Å². The Hall–Kier alpha value is -1.83. The van der Waals surface area contributed by atoms with Crippen LogP contribution in [-0.2, 0) is 4.79 Å². The average molecular weight is 300 g/mol. The number of aliphatic imine (C=N–C) groups is 1. The third-order valence-corrected chi connectivity index (χ3v) is 3.57. The molecule has 8 N–H and O–H groups in total. The number of carbonyl (C=O) groups is 1. The van der Waals surface area contributed by atoms with Gasteiger partial charge >= 0.3 is 5.97 Å². The van der Waals surface area contributed by atoms with Gasteiger partial charge in [-0.3, -0.25) is 10.2 Å². The molecular formula is C13H28N6O2. The van der Waals surface area contributed by atoms with Crippen LogP contribution < -0.4 is 17.2 Å². The molecule has 0 unspecified atom stereocenters. The molecule has 0 heterocycles. The Bertz CT molecular complexity index is 375. The van der Waals surface area contributed by atoms with E-state index in [-0.39, 0.29) is 23.8 Å². The molecule has 0 aromatic rings. The highest BCUT2D eigenvalue weighted by Crippen LogP contribution is 2.38. The molecule has 0 aromatic heterocycles. The normalized spacial score (nSPS) is 17.4. The standard InChI is InChI=1S/C9H17NO2.C4H11N5/c10-7-9(6-8(11)12)4-2-1-3-5-9;1-9(2)4(7)8-3(5)6/h1-7,10H2,(H,11,12);1-2H3,(H5,5,6,7,8). The molecule has 0 radical (unpaired) electrons. The number of guanidine groups is 2. The lowest BCUT2D eigenvalue weighted by Crippen LogP contribution is -2.34. The lowest BCUT2D eigenvalue weighted by atomic mass is 9.72. The van der Waals surface area contributed by atoms with Gasteiger partial charge in [-0.1, -0.05) is 19.3 Å². The second-order valence-corrected chi connectivity index (χ2v) is 5.58. The molecule has 122 valence electrons. The zero-order valence-electron chi connectivity index (χ0n) is 12.9. The molecule has 0 aromatic carbocycles. The molecule has 8 nitrogen and oxygen atoms in total. The first-order chi connectivity index (χ1) is 9.72. The molecule has 0 bridgehead atoms. The summed E-state index contributed by atoms with van der Waals surface area (Å²) in [6.45, 7) is 0.527. The van der Waals surface area contributed by atoms with Crippen LogP contribution in [0.4, 0.5) is 0 Å². The fourth-order valence-corrected chi connectivity index (χ4v) is 2.30. The van der Waals surface area contributed by atoms with E-state index in [1.807, 2.05) is 0 Å². The zero-order valence-corrected chi connectivity index (χ0v) is 12.9. The van der Waals surface area contributed by atoms with E-state index in [0.717, 1.165) is 25.7 Å². The lowest BCUT2D eigenvalue weighted by Gasteiger charge is -2.34. The van der Waals surface area contributed by atoms with Gasteiger partial charge in [-0.2, -0.15) is 4.99 Å². The first-order valence-electron chi connectivity index (χ1n) is 7.00. The molecule has 0 aliphatic heterocycles. The van der Waals surface area contributed by atoms with Crippen LogP contribution in [0, 0.1) is 10.8 Å². The fourth-order valence-electron chi connectivity index (χ4n) is 2.30. The van der Waals surface area contributed by atoms with E-state index in [2.05, 4.69) is 4.99 Å². The van der Waals surface area contributed by atoms with Gasteiger partial charge < -0.3 is 27.2 Å². The van der Waals surface area contributed by atoms with Gasteiger partial charge in [-0.05, 0) is 24.8 Å². The van der Waals surface area contributed by atoms with Crippen LogP contribution in [-0.4, -0.2) is 48.5 Å². The van der Waals surface area contributed by atoms with Crippen molar-refractivity contribution < 1.29 is 9.90 Å². The monoisotopic (exact) mass is 300 g/mol. The maximum atomic E-state index is 10.6. The number of hydrogen-bond donors (Lipinski definition) is 5. The maximum Gasteiger partial charge on any atom is 0.303 e. The predicted molar refractivity (Wildman–Crippen MR) is 84.0 cm³/mol. The molecule has 8 heteroatoms. The number of carboxylic acid groups (broad SMARTS) is 1. The molecule has 1 fully saturated rings. The molecule has 1 saturated carbocycles. The smallest absolute Gasteiger partial charge is 0.303 e. The number of nitrogens with one attached hydrogen (secondary N) is 1. The third kappa shape index (κ3) is 8.13. The van der Waals surface area contributed by atoms with E-state index in [1.54, 1.807) is 19.0 Å². The van der Waals surface area contributed by atoms with Crippen molar-refractivity contribution in [3.63, 3.8) is 0 Å². The summed E-state index contributed by atoms with van der Waals surface area (Å²) >= 11 is 0. The van der Waals surface area contributed by atoms with E-state index >= 15 is 0 Å². The van der Waals surface area contributed by atoms with E-state index in [0.29, 0.717) is 6.54 Å². The van der Waals surface area contributed by atoms with Gasteiger partial charge in [0, 0.05) is 14.1 Å². The summed E-state index contributed by atoms with van der Waals surface area (Å²) in [5, 5.41) is 15.4. The second-order valence-electron chi connectivity index (χ2n) is 5.58. The van der Waals surface area contributed by atoms with Gasteiger partial charge in [0.1, 0.15) is 0 Å². The summed E-state index contributed by atoms with van der Waals surface area (Å²) in [6.07, 6.45) is 5.77. The van der Waals surface area contributed by atoms with E-state index in [9.17, 15) is 4.79 Å². The first-order valence-corrected chi connectivity index (χ1v) is 7.00. The largest absolute Gasteiger partial charge is 0.481 e. The van der Waals surface area contributed by atoms with Crippen molar-refractivity contribution in [2.45, 2.75) is 38.5 Å².